The van der Waals surface area contributed by atoms with E-state index in [-0.39, 0.29) is 5.56 Å². The average molecular weight is 244 g/mol. The Hall–Kier alpha value is -1.49. The molecule has 17 heavy (non-hydrogen) atoms. The van der Waals surface area contributed by atoms with Crippen LogP contribution in [0.4, 0.5) is 8.78 Å². The topological polar surface area (TPSA) is 57.5 Å². The van der Waals surface area contributed by atoms with Gasteiger partial charge in [0, 0.05) is 5.56 Å². The molecule has 0 saturated carbocycles. The minimum Gasteiger partial charge on any atom is -0.481 e. The second kappa shape index (κ2) is 5.23. The predicted octanol–water partition coefficient (Wildman–Crippen LogP) is 2.36. The van der Waals surface area contributed by atoms with Gasteiger partial charge in [0.1, 0.15) is 11.6 Å². The minimum absolute atomic E-state index is 0.217. The van der Waals surface area contributed by atoms with Gasteiger partial charge in [0.05, 0.1) is 12.0 Å². The fourth-order valence-electron chi connectivity index (χ4n) is 1.52. The first-order chi connectivity index (χ1) is 7.84. The molecular weight excluding hydrogens is 230 g/mol. The summed E-state index contributed by atoms with van der Waals surface area (Å²) in [5, 5.41) is 18.6. The summed E-state index contributed by atoms with van der Waals surface area (Å²) in [5.41, 5.74) is -0.217. The van der Waals surface area contributed by atoms with Gasteiger partial charge < -0.3 is 10.2 Å². The number of carbonyl (C=O) groups is 1. The Kier molecular flexibility index (Phi) is 4.17. The molecule has 0 bridgehead atoms. The molecule has 0 radical (unpaired) electrons. The van der Waals surface area contributed by atoms with Crippen LogP contribution in [0.1, 0.15) is 25.5 Å². The Labute approximate surface area is 97.7 Å². The molecule has 1 aromatic rings. The molecule has 1 aromatic carbocycles. The molecule has 0 aliphatic carbocycles. The standard InChI is InChI=1S/C12H14F2O3/c1-6(7(2)12(16)17)11(15)9-5-8(13)3-4-10(9)14/h3-7,11,15H,1-2H3,(H,16,17). The fourth-order valence-corrected chi connectivity index (χ4v) is 1.52. The number of rotatable bonds is 4. The number of hydrogen-bond acceptors (Lipinski definition) is 2. The molecule has 0 aliphatic heterocycles. The van der Waals surface area contributed by atoms with E-state index in [2.05, 4.69) is 0 Å². The Morgan fingerprint density at radius 2 is 1.88 bits per heavy atom. The molecule has 94 valence electrons. The molecule has 3 unspecified atom stereocenters. The third kappa shape index (κ3) is 3.00. The Morgan fingerprint density at radius 1 is 1.29 bits per heavy atom. The highest BCUT2D eigenvalue weighted by Gasteiger charge is 2.28. The van der Waals surface area contributed by atoms with Crippen LogP contribution in [0, 0.1) is 23.5 Å². The van der Waals surface area contributed by atoms with Gasteiger partial charge in [0.2, 0.25) is 0 Å². The summed E-state index contributed by atoms with van der Waals surface area (Å²) in [6.45, 7) is 2.89. The summed E-state index contributed by atoms with van der Waals surface area (Å²) in [6.07, 6.45) is -1.35. The summed E-state index contributed by atoms with van der Waals surface area (Å²) in [4.78, 5) is 10.7. The van der Waals surface area contributed by atoms with E-state index >= 15 is 0 Å². The Morgan fingerprint density at radius 3 is 2.41 bits per heavy atom. The monoisotopic (exact) mass is 244 g/mol. The maximum atomic E-state index is 13.4. The molecule has 0 spiro atoms. The van der Waals surface area contributed by atoms with Gasteiger partial charge in [-0.2, -0.15) is 0 Å². The number of hydrogen-bond donors (Lipinski definition) is 2. The molecule has 0 heterocycles. The average Bonchev–Trinajstić information content (AvgIpc) is 2.29. The van der Waals surface area contributed by atoms with Crippen molar-refractivity contribution in [3.63, 3.8) is 0 Å². The van der Waals surface area contributed by atoms with Gasteiger partial charge in [-0.1, -0.05) is 13.8 Å². The summed E-state index contributed by atoms with van der Waals surface area (Å²) in [5.74, 6) is -4.08. The zero-order valence-corrected chi connectivity index (χ0v) is 9.52. The van der Waals surface area contributed by atoms with Crippen molar-refractivity contribution in [2.75, 3.05) is 0 Å². The maximum absolute atomic E-state index is 13.4. The van der Waals surface area contributed by atoms with Crippen LogP contribution in [0.2, 0.25) is 0 Å². The van der Waals surface area contributed by atoms with E-state index in [1.807, 2.05) is 0 Å². The first-order valence-electron chi connectivity index (χ1n) is 5.20. The number of carboxylic acid groups (broad SMARTS) is 1. The number of aliphatic hydroxyl groups is 1. The summed E-state index contributed by atoms with van der Waals surface area (Å²) in [6, 6.07) is 2.73. The lowest BCUT2D eigenvalue weighted by Crippen LogP contribution is -2.24. The van der Waals surface area contributed by atoms with Gasteiger partial charge in [-0.3, -0.25) is 4.79 Å². The SMILES string of the molecule is CC(C(=O)O)C(C)C(O)c1cc(F)ccc1F. The van der Waals surface area contributed by atoms with E-state index in [0.29, 0.717) is 0 Å². The zero-order chi connectivity index (χ0) is 13.2. The summed E-state index contributed by atoms with van der Waals surface area (Å²) in [7, 11) is 0. The highest BCUT2D eigenvalue weighted by molar-refractivity contribution is 5.69. The van der Waals surface area contributed by atoms with E-state index in [0.717, 1.165) is 18.2 Å². The van der Waals surface area contributed by atoms with E-state index in [4.69, 9.17) is 5.11 Å². The number of aliphatic hydroxyl groups excluding tert-OH is 1. The van der Waals surface area contributed by atoms with Gasteiger partial charge in [-0.05, 0) is 24.1 Å². The second-order valence-electron chi connectivity index (χ2n) is 4.10. The lowest BCUT2D eigenvalue weighted by molar-refractivity contribution is -0.144. The third-order valence-electron chi connectivity index (χ3n) is 2.95. The lowest BCUT2D eigenvalue weighted by atomic mass is 9.87. The molecule has 0 aliphatic rings. The Bertz CT molecular complexity index is 420. The molecule has 5 heteroatoms. The van der Waals surface area contributed by atoms with E-state index in [1.165, 1.54) is 13.8 Å². The van der Waals surface area contributed by atoms with Crippen molar-refractivity contribution in [2.24, 2.45) is 11.8 Å². The molecular formula is C12H14F2O3. The largest absolute Gasteiger partial charge is 0.481 e. The molecule has 0 fully saturated rings. The van der Waals surface area contributed by atoms with Gasteiger partial charge in [0.15, 0.2) is 0 Å². The molecule has 0 aromatic heterocycles. The van der Waals surface area contributed by atoms with Crippen LogP contribution in [-0.2, 0) is 4.79 Å². The first-order valence-corrected chi connectivity index (χ1v) is 5.20. The van der Waals surface area contributed by atoms with E-state index in [1.54, 1.807) is 0 Å². The molecule has 2 N–H and O–H groups in total. The van der Waals surface area contributed by atoms with Crippen LogP contribution < -0.4 is 0 Å². The summed E-state index contributed by atoms with van der Waals surface area (Å²) >= 11 is 0. The van der Waals surface area contributed by atoms with Crippen LogP contribution in [0.3, 0.4) is 0 Å². The van der Waals surface area contributed by atoms with Gasteiger partial charge in [-0.15, -0.1) is 0 Å². The van der Waals surface area contributed by atoms with E-state index in [9.17, 15) is 18.7 Å². The van der Waals surface area contributed by atoms with Crippen LogP contribution >= 0.6 is 0 Å². The van der Waals surface area contributed by atoms with Crippen molar-refractivity contribution in [3.05, 3.63) is 35.4 Å². The number of halogens is 2. The van der Waals surface area contributed by atoms with Crippen LogP contribution in [0.15, 0.2) is 18.2 Å². The molecule has 0 saturated heterocycles. The lowest BCUT2D eigenvalue weighted by Gasteiger charge is -2.22. The zero-order valence-electron chi connectivity index (χ0n) is 9.52. The van der Waals surface area contributed by atoms with Crippen molar-refractivity contribution < 1.29 is 23.8 Å². The summed E-state index contributed by atoms with van der Waals surface area (Å²) < 4.78 is 26.3. The van der Waals surface area contributed by atoms with Gasteiger partial charge in [-0.25, -0.2) is 8.78 Å². The third-order valence-corrected chi connectivity index (χ3v) is 2.95. The van der Waals surface area contributed by atoms with Crippen LogP contribution in [0.25, 0.3) is 0 Å². The van der Waals surface area contributed by atoms with Crippen molar-refractivity contribution in [2.45, 2.75) is 20.0 Å². The molecule has 3 nitrogen and oxygen atoms in total. The number of benzene rings is 1. The second-order valence-corrected chi connectivity index (χ2v) is 4.10. The number of aliphatic carboxylic acids is 1. The molecule has 1 rings (SSSR count). The highest BCUT2D eigenvalue weighted by Crippen LogP contribution is 2.29. The smallest absolute Gasteiger partial charge is 0.306 e. The highest BCUT2D eigenvalue weighted by atomic mass is 19.1. The van der Waals surface area contributed by atoms with Gasteiger partial charge >= 0.3 is 5.97 Å². The molecule has 0 amide bonds. The van der Waals surface area contributed by atoms with E-state index < -0.39 is 35.5 Å². The fraction of sp³-hybridized carbons (Fsp3) is 0.417. The maximum Gasteiger partial charge on any atom is 0.306 e. The Balaban J connectivity index is 2.99. The quantitative estimate of drug-likeness (QED) is 0.854. The molecule has 3 atom stereocenters. The van der Waals surface area contributed by atoms with Crippen molar-refractivity contribution in [1.29, 1.82) is 0 Å². The predicted molar refractivity (Wildman–Crippen MR) is 57.3 cm³/mol. The first kappa shape index (κ1) is 13.6. The van der Waals surface area contributed by atoms with Crippen molar-refractivity contribution in [3.8, 4) is 0 Å². The van der Waals surface area contributed by atoms with Crippen LogP contribution in [-0.4, -0.2) is 16.2 Å². The van der Waals surface area contributed by atoms with Crippen molar-refractivity contribution in [1.82, 2.24) is 0 Å². The van der Waals surface area contributed by atoms with Crippen molar-refractivity contribution >= 4 is 5.97 Å². The normalized spacial score (nSPS) is 16.3. The van der Waals surface area contributed by atoms with Crippen LogP contribution in [0.5, 0.6) is 0 Å². The number of carboxylic acids is 1. The van der Waals surface area contributed by atoms with Gasteiger partial charge in [0.25, 0.3) is 0 Å². The minimum atomic E-state index is -1.35.